The van der Waals surface area contributed by atoms with Gasteiger partial charge in [0, 0.05) is 22.5 Å². The van der Waals surface area contributed by atoms with Crippen molar-refractivity contribution < 1.29 is 9.13 Å². The van der Waals surface area contributed by atoms with Gasteiger partial charge in [-0.3, -0.25) is 0 Å². The lowest BCUT2D eigenvalue weighted by Crippen LogP contribution is -2.42. The van der Waals surface area contributed by atoms with Gasteiger partial charge in [0.25, 0.3) is 0 Å². The molecular formula is C23H28BrFN2O. The lowest BCUT2D eigenvalue weighted by atomic mass is 9.76. The average Bonchev–Trinajstić information content (AvgIpc) is 2.68. The Morgan fingerprint density at radius 2 is 2.00 bits per heavy atom. The number of nitrogens with one attached hydrogen (secondary N) is 2. The number of fused-ring (bicyclic) bond motifs is 3. The van der Waals surface area contributed by atoms with Gasteiger partial charge in [-0.1, -0.05) is 60.1 Å². The molecule has 0 aliphatic carbocycles. The minimum Gasteiger partial charge on any atom is -0.375 e. The van der Waals surface area contributed by atoms with E-state index in [2.05, 4.69) is 52.5 Å². The zero-order valence-corrected chi connectivity index (χ0v) is 18.0. The predicted octanol–water partition coefficient (Wildman–Crippen LogP) is 5.84. The van der Waals surface area contributed by atoms with Crippen LogP contribution in [0.4, 0.5) is 10.1 Å². The molecule has 2 aliphatic rings. The van der Waals surface area contributed by atoms with E-state index in [0.717, 1.165) is 36.0 Å². The number of ether oxygens (including phenoxy) is 1. The molecule has 2 aliphatic heterocycles. The Morgan fingerprint density at radius 3 is 2.75 bits per heavy atom. The second kappa shape index (κ2) is 8.52. The van der Waals surface area contributed by atoms with Gasteiger partial charge in [-0.15, -0.1) is 0 Å². The van der Waals surface area contributed by atoms with Crippen LogP contribution in [-0.2, 0) is 4.74 Å². The highest BCUT2D eigenvalue weighted by Crippen LogP contribution is 2.51. The van der Waals surface area contributed by atoms with Gasteiger partial charge in [0.2, 0.25) is 0 Å². The summed E-state index contributed by atoms with van der Waals surface area (Å²) in [5.41, 5.74) is 2.69. The highest BCUT2D eigenvalue weighted by Gasteiger charge is 2.43. The summed E-state index contributed by atoms with van der Waals surface area (Å²) in [6.45, 7) is 6.24. The first kappa shape index (κ1) is 19.9. The monoisotopic (exact) mass is 446 g/mol. The molecule has 0 amide bonds. The lowest BCUT2D eigenvalue weighted by molar-refractivity contribution is -0.0918. The first-order valence-electron chi connectivity index (χ1n) is 10.2. The van der Waals surface area contributed by atoms with Gasteiger partial charge in [0.15, 0.2) is 0 Å². The summed E-state index contributed by atoms with van der Waals surface area (Å²) in [7, 11) is 0. The SMILES string of the molecule is CC(C)CNC[C@H]1CC[C@@H]2[C@H](O1)c1cc(Br)cc(F)c1N[C@H]2c1ccccc1. The number of hydrogen-bond acceptors (Lipinski definition) is 3. The molecule has 28 heavy (non-hydrogen) atoms. The Morgan fingerprint density at radius 1 is 1.21 bits per heavy atom. The number of anilines is 1. The van der Waals surface area contributed by atoms with Crippen molar-refractivity contribution in [1.82, 2.24) is 5.32 Å². The van der Waals surface area contributed by atoms with E-state index in [1.165, 1.54) is 11.6 Å². The fourth-order valence-corrected chi connectivity index (χ4v) is 4.91. The maximum absolute atomic E-state index is 14.8. The maximum atomic E-state index is 14.8. The largest absolute Gasteiger partial charge is 0.375 e. The standard InChI is InChI=1S/C23H28BrFN2O/c1-14(2)12-26-13-17-8-9-18-21(15-6-4-3-5-7-15)27-22-19(23(18)28-17)10-16(24)11-20(22)25/h3-7,10-11,14,17-18,21,23,26-27H,8-9,12-13H2,1-2H3/t17-,18+,21+,23+/m1/s1. The van der Waals surface area contributed by atoms with E-state index in [9.17, 15) is 4.39 Å². The summed E-state index contributed by atoms with van der Waals surface area (Å²) < 4.78 is 22.1. The third kappa shape index (κ3) is 4.12. The minimum absolute atomic E-state index is 0.0546. The number of benzene rings is 2. The van der Waals surface area contributed by atoms with Crippen LogP contribution in [0.5, 0.6) is 0 Å². The van der Waals surface area contributed by atoms with Crippen molar-refractivity contribution in [2.45, 2.75) is 44.9 Å². The Hall–Kier alpha value is -1.43. The predicted molar refractivity (Wildman–Crippen MR) is 115 cm³/mol. The molecule has 0 saturated carbocycles. The zero-order valence-electron chi connectivity index (χ0n) is 16.4. The number of hydrogen-bond donors (Lipinski definition) is 2. The fraction of sp³-hybridized carbons (Fsp3) is 0.478. The Bertz CT molecular complexity index is 814. The van der Waals surface area contributed by atoms with E-state index in [1.807, 2.05) is 24.3 Å². The van der Waals surface area contributed by atoms with Gasteiger partial charge in [-0.2, -0.15) is 0 Å². The summed E-state index contributed by atoms with van der Waals surface area (Å²) in [6, 6.07) is 13.9. The van der Waals surface area contributed by atoms with E-state index in [0.29, 0.717) is 11.6 Å². The van der Waals surface area contributed by atoms with E-state index >= 15 is 0 Å². The molecule has 0 unspecified atom stereocenters. The molecule has 150 valence electrons. The molecule has 0 bridgehead atoms. The van der Waals surface area contributed by atoms with Crippen molar-refractivity contribution in [2.75, 3.05) is 18.4 Å². The molecule has 0 radical (unpaired) electrons. The maximum Gasteiger partial charge on any atom is 0.147 e. The van der Waals surface area contributed by atoms with Gasteiger partial charge < -0.3 is 15.4 Å². The van der Waals surface area contributed by atoms with Crippen LogP contribution in [-0.4, -0.2) is 19.2 Å². The molecule has 2 heterocycles. The number of halogens is 2. The van der Waals surface area contributed by atoms with Gasteiger partial charge in [-0.05, 0) is 43.0 Å². The van der Waals surface area contributed by atoms with Crippen molar-refractivity contribution >= 4 is 21.6 Å². The Balaban J connectivity index is 1.63. The first-order chi connectivity index (χ1) is 13.5. The third-order valence-electron chi connectivity index (χ3n) is 5.75. The number of rotatable bonds is 5. The van der Waals surface area contributed by atoms with Gasteiger partial charge in [0.05, 0.1) is 23.9 Å². The second-order valence-electron chi connectivity index (χ2n) is 8.36. The van der Waals surface area contributed by atoms with E-state index in [4.69, 9.17) is 4.74 Å². The van der Waals surface area contributed by atoms with Crippen molar-refractivity contribution in [3.63, 3.8) is 0 Å². The van der Waals surface area contributed by atoms with Gasteiger partial charge in [0.1, 0.15) is 5.82 Å². The van der Waals surface area contributed by atoms with Crippen LogP contribution < -0.4 is 10.6 Å². The van der Waals surface area contributed by atoms with Crippen molar-refractivity contribution in [2.24, 2.45) is 11.8 Å². The molecule has 2 aromatic carbocycles. The van der Waals surface area contributed by atoms with Crippen molar-refractivity contribution in [3.05, 3.63) is 63.9 Å². The van der Waals surface area contributed by atoms with Crippen LogP contribution in [0.3, 0.4) is 0 Å². The molecule has 0 spiro atoms. The van der Waals surface area contributed by atoms with Gasteiger partial charge >= 0.3 is 0 Å². The van der Waals surface area contributed by atoms with Crippen molar-refractivity contribution in [3.8, 4) is 0 Å². The smallest absolute Gasteiger partial charge is 0.147 e. The Labute approximate surface area is 175 Å². The Kier molecular flexibility index (Phi) is 6.04. The molecule has 2 N–H and O–H groups in total. The van der Waals surface area contributed by atoms with Crippen LogP contribution in [0, 0.1) is 17.7 Å². The van der Waals surface area contributed by atoms with Crippen LogP contribution >= 0.6 is 15.9 Å². The van der Waals surface area contributed by atoms with Crippen molar-refractivity contribution in [1.29, 1.82) is 0 Å². The van der Waals surface area contributed by atoms with E-state index < -0.39 is 0 Å². The average molecular weight is 447 g/mol. The van der Waals surface area contributed by atoms with Crippen LogP contribution in [0.25, 0.3) is 0 Å². The second-order valence-corrected chi connectivity index (χ2v) is 9.27. The minimum atomic E-state index is -0.229. The topological polar surface area (TPSA) is 33.3 Å². The summed E-state index contributed by atoms with van der Waals surface area (Å²) in [6.07, 6.45) is 2.12. The summed E-state index contributed by atoms with van der Waals surface area (Å²) in [5.74, 6) is 0.667. The fourth-order valence-electron chi connectivity index (χ4n) is 4.46. The molecule has 5 heteroatoms. The molecule has 1 fully saturated rings. The molecule has 0 aromatic heterocycles. The van der Waals surface area contributed by atoms with E-state index in [1.54, 1.807) is 0 Å². The summed E-state index contributed by atoms with van der Waals surface area (Å²) in [4.78, 5) is 0. The molecule has 3 nitrogen and oxygen atoms in total. The third-order valence-corrected chi connectivity index (χ3v) is 6.21. The van der Waals surface area contributed by atoms with E-state index in [-0.39, 0.29) is 30.0 Å². The lowest BCUT2D eigenvalue weighted by Gasteiger charge is -2.46. The molecular weight excluding hydrogens is 419 g/mol. The molecule has 4 rings (SSSR count). The normalized spacial score (nSPS) is 26.5. The molecule has 4 atom stereocenters. The summed E-state index contributed by atoms with van der Waals surface area (Å²) >= 11 is 3.46. The summed E-state index contributed by atoms with van der Waals surface area (Å²) in [5, 5.41) is 7.01. The van der Waals surface area contributed by atoms with Gasteiger partial charge in [-0.25, -0.2) is 4.39 Å². The van der Waals surface area contributed by atoms with Crippen LogP contribution in [0.2, 0.25) is 0 Å². The zero-order chi connectivity index (χ0) is 19.7. The van der Waals surface area contributed by atoms with Crippen LogP contribution in [0.1, 0.15) is 50.0 Å². The molecule has 2 aromatic rings. The van der Waals surface area contributed by atoms with Crippen LogP contribution in [0.15, 0.2) is 46.9 Å². The first-order valence-corrected chi connectivity index (χ1v) is 11.0. The quantitative estimate of drug-likeness (QED) is 0.605. The highest BCUT2D eigenvalue weighted by molar-refractivity contribution is 9.10. The molecule has 1 saturated heterocycles. The highest BCUT2D eigenvalue weighted by atomic mass is 79.9.